The van der Waals surface area contributed by atoms with Gasteiger partial charge in [0.1, 0.15) is 11.9 Å². The molecule has 6 heteroatoms. The predicted octanol–water partition coefficient (Wildman–Crippen LogP) is 2.40. The number of ether oxygens (including phenoxy) is 1. The maximum atomic E-state index is 12.5. The molecule has 1 aromatic carbocycles. The van der Waals surface area contributed by atoms with Crippen LogP contribution in [0, 0.1) is 6.92 Å². The topological polar surface area (TPSA) is 59.5 Å². The summed E-state index contributed by atoms with van der Waals surface area (Å²) in [4.78, 5) is 4.45. The van der Waals surface area contributed by atoms with Crippen LogP contribution in [-0.2, 0) is 16.4 Å². The lowest BCUT2D eigenvalue weighted by atomic mass is 10.2. The summed E-state index contributed by atoms with van der Waals surface area (Å²) in [5.41, 5.74) is 2.00. The monoisotopic (exact) mass is 332 g/mol. The van der Waals surface area contributed by atoms with Crippen LogP contribution in [0.5, 0.6) is 5.75 Å². The van der Waals surface area contributed by atoms with E-state index in [0.29, 0.717) is 18.0 Å². The highest BCUT2D eigenvalue weighted by Gasteiger charge is 2.38. The number of sulfonamides is 1. The summed E-state index contributed by atoms with van der Waals surface area (Å²) in [5.74, 6) is 0.729. The van der Waals surface area contributed by atoms with Crippen LogP contribution in [-0.4, -0.2) is 36.9 Å². The number of rotatable bonds is 5. The Hall–Kier alpha value is -1.92. The third kappa shape index (κ3) is 3.38. The molecule has 2 heterocycles. The van der Waals surface area contributed by atoms with Gasteiger partial charge in [-0.1, -0.05) is 19.1 Å². The van der Waals surface area contributed by atoms with Crippen molar-refractivity contribution in [2.24, 2.45) is 0 Å². The Labute approximate surface area is 137 Å². The highest BCUT2D eigenvalue weighted by atomic mass is 32.2. The van der Waals surface area contributed by atoms with Crippen LogP contribution in [0.3, 0.4) is 0 Å². The maximum Gasteiger partial charge on any atom is 0.243 e. The standard InChI is InChI=1S/C17H20N2O3S/c1-3-14-4-6-17(7-5-14)23(20,21)19-11-16(12-19)22-15-8-9-18-13(2)10-15/h4-10,16H,3,11-12H2,1-2H3. The summed E-state index contributed by atoms with van der Waals surface area (Å²) in [6, 6.07) is 10.7. The number of hydrogen-bond donors (Lipinski definition) is 0. The first-order chi connectivity index (χ1) is 11.0. The summed E-state index contributed by atoms with van der Waals surface area (Å²) in [5, 5.41) is 0. The molecule has 3 rings (SSSR count). The number of aromatic nitrogens is 1. The number of pyridine rings is 1. The summed E-state index contributed by atoms with van der Waals surface area (Å²) in [6.45, 7) is 4.69. The van der Waals surface area contributed by atoms with Crippen molar-refractivity contribution < 1.29 is 13.2 Å². The fraction of sp³-hybridized carbons (Fsp3) is 0.353. The molecule has 1 aromatic heterocycles. The molecule has 1 aliphatic heterocycles. The van der Waals surface area contributed by atoms with Gasteiger partial charge in [0.05, 0.1) is 18.0 Å². The molecule has 1 saturated heterocycles. The zero-order valence-corrected chi connectivity index (χ0v) is 14.1. The third-order valence-electron chi connectivity index (χ3n) is 3.95. The Morgan fingerprint density at radius 3 is 2.52 bits per heavy atom. The molecule has 0 saturated carbocycles. The Balaban J connectivity index is 1.63. The summed E-state index contributed by atoms with van der Waals surface area (Å²) < 4.78 is 32.3. The lowest BCUT2D eigenvalue weighted by Crippen LogP contribution is -2.55. The van der Waals surface area contributed by atoms with Gasteiger partial charge in [0.25, 0.3) is 0 Å². The summed E-state index contributed by atoms with van der Waals surface area (Å²) in [6.07, 6.45) is 2.47. The molecule has 0 aliphatic carbocycles. The van der Waals surface area contributed by atoms with Crippen LogP contribution in [0.25, 0.3) is 0 Å². The minimum Gasteiger partial charge on any atom is -0.488 e. The van der Waals surface area contributed by atoms with Crippen molar-refractivity contribution in [1.82, 2.24) is 9.29 Å². The Morgan fingerprint density at radius 1 is 1.22 bits per heavy atom. The lowest BCUT2D eigenvalue weighted by molar-refractivity contribution is 0.0761. The molecule has 0 radical (unpaired) electrons. The van der Waals surface area contributed by atoms with Gasteiger partial charge in [-0.3, -0.25) is 4.98 Å². The Morgan fingerprint density at radius 2 is 1.91 bits per heavy atom. The quantitative estimate of drug-likeness (QED) is 0.843. The van der Waals surface area contributed by atoms with E-state index >= 15 is 0 Å². The van der Waals surface area contributed by atoms with Crippen molar-refractivity contribution in [2.45, 2.75) is 31.3 Å². The van der Waals surface area contributed by atoms with Gasteiger partial charge < -0.3 is 4.74 Å². The molecule has 0 amide bonds. The highest BCUT2D eigenvalue weighted by molar-refractivity contribution is 7.89. The first-order valence-electron chi connectivity index (χ1n) is 7.67. The van der Waals surface area contributed by atoms with Gasteiger partial charge in [-0.15, -0.1) is 0 Å². The normalized spacial score (nSPS) is 16.1. The largest absolute Gasteiger partial charge is 0.488 e. The first-order valence-corrected chi connectivity index (χ1v) is 9.11. The zero-order chi connectivity index (χ0) is 16.4. The fourth-order valence-electron chi connectivity index (χ4n) is 2.50. The SMILES string of the molecule is CCc1ccc(S(=O)(=O)N2CC(Oc3ccnc(C)c3)C2)cc1. The molecule has 0 atom stereocenters. The molecule has 1 fully saturated rings. The average Bonchev–Trinajstić information content (AvgIpc) is 2.50. The van der Waals surface area contributed by atoms with E-state index in [4.69, 9.17) is 4.74 Å². The molecule has 1 aliphatic rings. The second-order valence-electron chi connectivity index (χ2n) is 5.69. The second-order valence-corrected chi connectivity index (χ2v) is 7.63. The molecule has 2 aromatic rings. The molecule has 122 valence electrons. The minimum atomic E-state index is -3.42. The number of hydrogen-bond acceptors (Lipinski definition) is 4. The van der Waals surface area contributed by atoms with E-state index in [0.717, 1.165) is 23.4 Å². The van der Waals surface area contributed by atoms with Crippen LogP contribution < -0.4 is 4.74 Å². The molecule has 0 spiro atoms. The van der Waals surface area contributed by atoms with Gasteiger partial charge in [-0.25, -0.2) is 8.42 Å². The van der Waals surface area contributed by atoms with E-state index in [1.807, 2.05) is 32.0 Å². The van der Waals surface area contributed by atoms with Crippen LogP contribution in [0.1, 0.15) is 18.2 Å². The molecule has 0 N–H and O–H groups in total. The van der Waals surface area contributed by atoms with Crippen LogP contribution in [0.4, 0.5) is 0 Å². The number of benzene rings is 1. The van der Waals surface area contributed by atoms with E-state index in [1.54, 1.807) is 24.4 Å². The van der Waals surface area contributed by atoms with Crippen molar-refractivity contribution in [1.29, 1.82) is 0 Å². The average molecular weight is 332 g/mol. The smallest absolute Gasteiger partial charge is 0.243 e. The van der Waals surface area contributed by atoms with Gasteiger partial charge >= 0.3 is 0 Å². The summed E-state index contributed by atoms with van der Waals surface area (Å²) in [7, 11) is -3.42. The second kappa shape index (κ2) is 6.29. The van der Waals surface area contributed by atoms with Crippen molar-refractivity contribution in [3.8, 4) is 5.75 Å². The van der Waals surface area contributed by atoms with E-state index in [1.165, 1.54) is 4.31 Å². The van der Waals surface area contributed by atoms with Crippen molar-refractivity contribution in [3.63, 3.8) is 0 Å². The van der Waals surface area contributed by atoms with Gasteiger partial charge in [0.2, 0.25) is 10.0 Å². The number of nitrogens with zero attached hydrogens (tertiary/aromatic N) is 2. The molecular formula is C17H20N2O3S. The van der Waals surface area contributed by atoms with E-state index < -0.39 is 10.0 Å². The third-order valence-corrected chi connectivity index (χ3v) is 5.80. The van der Waals surface area contributed by atoms with Crippen molar-refractivity contribution in [2.75, 3.05) is 13.1 Å². The van der Waals surface area contributed by atoms with E-state index in [-0.39, 0.29) is 6.10 Å². The van der Waals surface area contributed by atoms with E-state index in [9.17, 15) is 8.42 Å². The van der Waals surface area contributed by atoms with Crippen LogP contribution in [0.15, 0.2) is 47.5 Å². The fourth-order valence-corrected chi connectivity index (χ4v) is 4.01. The summed E-state index contributed by atoms with van der Waals surface area (Å²) >= 11 is 0. The van der Waals surface area contributed by atoms with Gasteiger partial charge in [-0.05, 0) is 37.1 Å². The molecule has 0 unspecified atom stereocenters. The van der Waals surface area contributed by atoms with Gasteiger partial charge in [0, 0.05) is 18.0 Å². The molecule has 0 bridgehead atoms. The zero-order valence-electron chi connectivity index (χ0n) is 13.3. The molecule has 5 nitrogen and oxygen atoms in total. The van der Waals surface area contributed by atoms with E-state index in [2.05, 4.69) is 4.98 Å². The Kier molecular flexibility index (Phi) is 4.37. The Bertz CT molecular complexity index is 782. The lowest BCUT2D eigenvalue weighted by Gasteiger charge is -2.37. The highest BCUT2D eigenvalue weighted by Crippen LogP contribution is 2.25. The van der Waals surface area contributed by atoms with Gasteiger partial charge in [-0.2, -0.15) is 4.31 Å². The maximum absolute atomic E-state index is 12.5. The van der Waals surface area contributed by atoms with Crippen LogP contribution >= 0.6 is 0 Å². The molecular weight excluding hydrogens is 312 g/mol. The van der Waals surface area contributed by atoms with Crippen LogP contribution in [0.2, 0.25) is 0 Å². The van der Waals surface area contributed by atoms with Gasteiger partial charge in [0.15, 0.2) is 0 Å². The van der Waals surface area contributed by atoms with Crippen molar-refractivity contribution >= 4 is 10.0 Å². The number of aryl methyl sites for hydroxylation is 2. The molecule has 23 heavy (non-hydrogen) atoms. The van der Waals surface area contributed by atoms with Crippen molar-refractivity contribution in [3.05, 3.63) is 53.9 Å². The first kappa shape index (κ1) is 16.0. The minimum absolute atomic E-state index is 0.110. The predicted molar refractivity (Wildman–Crippen MR) is 88.0 cm³/mol.